The van der Waals surface area contributed by atoms with Crippen LogP contribution in [0.3, 0.4) is 0 Å². The quantitative estimate of drug-likeness (QED) is 0.688. The number of carbonyl (C=O) groups excluding carboxylic acids is 1. The number of benzene rings is 1. The van der Waals surface area contributed by atoms with Gasteiger partial charge in [-0.1, -0.05) is 12.1 Å². The van der Waals surface area contributed by atoms with Gasteiger partial charge in [-0.3, -0.25) is 14.5 Å². The van der Waals surface area contributed by atoms with E-state index in [9.17, 15) is 13.6 Å². The lowest BCUT2D eigenvalue weighted by atomic mass is 10.2. The van der Waals surface area contributed by atoms with Gasteiger partial charge in [0.05, 0.1) is 4.88 Å². The SMILES string of the molecule is CN(Cc1ccc(F)cc1F)C(=O)Cn1c(-c2cccs2)n[nH]c1=S. The van der Waals surface area contributed by atoms with Crippen LogP contribution in [0.15, 0.2) is 35.7 Å². The van der Waals surface area contributed by atoms with Crippen LogP contribution in [0.4, 0.5) is 8.78 Å². The number of nitrogens with zero attached hydrogens (tertiary/aromatic N) is 3. The molecular weight excluding hydrogens is 366 g/mol. The molecule has 3 rings (SSSR count). The summed E-state index contributed by atoms with van der Waals surface area (Å²) in [6.07, 6.45) is 0. The zero-order chi connectivity index (χ0) is 18.0. The molecule has 0 radical (unpaired) electrons. The van der Waals surface area contributed by atoms with Gasteiger partial charge >= 0.3 is 0 Å². The Balaban J connectivity index is 1.76. The Kier molecular flexibility index (Phi) is 5.05. The fraction of sp³-hybridized carbons (Fsp3) is 0.188. The van der Waals surface area contributed by atoms with Crippen molar-refractivity contribution in [2.24, 2.45) is 0 Å². The summed E-state index contributed by atoms with van der Waals surface area (Å²) in [6.45, 7) is 0.00629. The second kappa shape index (κ2) is 7.24. The van der Waals surface area contributed by atoms with E-state index in [1.807, 2.05) is 17.5 Å². The number of aromatic amines is 1. The van der Waals surface area contributed by atoms with Crippen LogP contribution in [-0.4, -0.2) is 32.6 Å². The molecule has 25 heavy (non-hydrogen) atoms. The van der Waals surface area contributed by atoms with Crippen LogP contribution < -0.4 is 0 Å². The second-order valence-electron chi connectivity index (χ2n) is 5.40. The minimum absolute atomic E-state index is 0.0259. The second-order valence-corrected chi connectivity index (χ2v) is 6.74. The summed E-state index contributed by atoms with van der Waals surface area (Å²) >= 11 is 6.68. The maximum Gasteiger partial charge on any atom is 0.242 e. The first-order chi connectivity index (χ1) is 12.0. The lowest BCUT2D eigenvalue weighted by Crippen LogP contribution is -2.30. The molecule has 0 unspecified atom stereocenters. The van der Waals surface area contributed by atoms with Crippen molar-refractivity contribution in [2.45, 2.75) is 13.1 Å². The van der Waals surface area contributed by atoms with E-state index >= 15 is 0 Å². The van der Waals surface area contributed by atoms with Gasteiger partial charge in [-0.25, -0.2) is 8.78 Å². The van der Waals surface area contributed by atoms with Gasteiger partial charge in [0, 0.05) is 25.2 Å². The lowest BCUT2D eigenvalue weighted by Gasteiger charge is -2.18. The summed E-state index contributed by atoms with van der Waals surface area (Å²) in [6, 6.07) is 7.06. The average Bonchev–Trinajstić information content (AvgIpc) is 3.20. The number of amides is 1. The molecule has 2 heterocycles. The fourth-order valence-corrected chi connectivity index (χ4v) is 3.23. The largest absolute Gasteiger partial charge is 0.340 e. The third-order valence-corrected chi connectivity index (χ3v) is 4.82. The van der Waals surface area contributed by atoms with Crippen LogP contribution in [0.5, 0.6) is 0 Å². The van der Waals surface area contributed by atoms with Gasteiger partial charge in [-0.15, -0.1) is 11.3 Å². The van der Waals surface area contributed by atoms with E-state index < -0.39 is 11.6 Å². The highest BCUT2D eigenvalue weighted by molar-refractivity contribution is 7.71. The van der Waals surface area contributed by atoms with Crippen molar-refractivity contribution < 1.29 is 13.6 Å². The number of hydrogen-bond donors (Lipinski definition) is 1. The van der Waals surface area contributed by atoms with Crippen LogP contribution in [0, 0.1) is 16.4 Å². The van der Waals surface area contributed by atoms with Crippen LogP contribution in [-0.2, 0) is 17.9 Å². The minimum Gasteiger partial charge on any atom is -0.340 e. The Morgan fingerprint density at radius 3 is 2.88 bits per heavy atom. The number of aromatic nitrogens is 3. The number of carbonyl (C=O) groups is 1. The van der Waals surface area contributed by atoms with E-state index in [4.69, 9.17) is 12.2 Å². The van der Waals surface area contributed by atoms with Crippen molar-refractivity contribution in [3.63, 3.8) is 0 Å². The lowest BCUT2D eigenvalue weighted by molar-refractivity contribution is -0.131. The van der Waals surface area contributed by atoms with E-state index in [1.165, 1.54) is 22.3 Å². The smallest absolute Gasteiger partial charge is 0.242 e. The van der Waals surface area contributed by atoms with Gasteiger partial charge in [-0.05, 0) is 29.7 Å². The number of nitrogens with one attached hydrogen (secondary N) is 1. The fourth-order valence-electron chi connectivity index (χ4n) is 2.31. The molecule has 0 bridgehead atoms. The van der Waals surface area contributed by atoms with Crippen LogP contribution in [0.2, 0.25) is 0 Å². The first-order valence-electron chi connectivity index (χ1n) is 7.32. The minimum atomic E-state index is -0.682. The molecule has 1 N–H and O–H groups in total. The predicted molar refractivity (Wildman–Crippen MR) is 93.6 cm³/mol. The Morgan fingerprint density at radius 2 is 2.20 bits per heavy atom. The Morgan fingerprint density at radius 1 is 1.40 bits per heavy atom. The normalized spacial score (nSPS) is 10.8. The summed E-state index contributed by atoms with van der Waals surface area (Å²) in [5.41, 5.74) is 0.242. The number of H-pyrrole nitrogens is 1. The summed E-state index contributed by atoms with van der Waals surface area (Å²) in [7, 11) is 1.56. The van der Waals surface area contributed by atoms with E-state index in [0.29, 0.717) is 10.6 Å². The molecule has 0 aliphatic carbocycles. The van der Waals surface area contributed by atoms with Gasteiger partial charge in [0.1, 0.15) is 18.2 Å². The zero-order valence-electron chi connectivity index (χ0n) is 13.2. The van der Waals surface area contributed by atoms with Crippen molar-refractivity contribution in [2.75, 3.05) is 7.05 Å². The molecule has 0 saturated heterocycles. The topological polar surface area (TPSA) is 53.9 Å². The van der Waals surface area contributed by atoms with Crippen molar-refractivity contribution in [1.82, 2.24) is 19.7 Å². The molecule has 1 aromatic carbocycles. The molecule has 1 amide bonds. The maximum absolute atomic E-state index is 13.8. The molecule has 3 aromatic rings. The first kappa shape index (κ1) is 17.4. The highest BCUT2D eigenvalue weighted by Gasteiger charge is 2.17. The van der Waals surface area contributed by atoms with Crippen LogP contribution >= 0.6 is 23.6 Å². The summed E-state index contributed by atoms with van der Waals surface area (Å²) in [5.74, 6) is -1.02. The molecule has 0 fully saturated rings. The Bertz CT molecular complexity index is 949. The number of likely N-dealkylation sites (N-methyl/N-ethyl adjacent to an activating group) is 1. The van der Waals surface area contributed by atoms with Gasteiger partial charge in [0.25, 0.3) is 0 Å². The highest BCUT2D eigenvalue weighted by atomic mass is 32.1. The molecular formula is C16H14F2N4OS2. The molecule has 0 atom stereocenters. The van der Waals surface area contributed by atoms with Crippen molar-refractivity contribution in [3.8, 4) is 10.7 Å². The molecule has 2 aromatic heterocycles. The third-order valence-electron chi connectivity index (χ3n) is 3.64. The predicted octanol–water partition coefficient (Wildman–Crippen LogP) is 3.61. The molecule has 0 aliphatic heterocycles. The Hall–Kier alpha value is -2.39. The van der Waals surface area contributed by atoms with Crippen LogP contribution in [0.1, 0.15) is 5.56 Å². The molecule has 0 spiro atoms. The van der Waals surface area contributed by atoms with E-state index in [-0.39, 0.29) is 24.6 Å². The van der Waals surface area contributed by atoms with Crippen molar-refractivity contribution >= 4 is 29.5 Å². The van der Waals surface area contributed by atoms with Crippen molar-refractivity contribution in [1.29, 1.82) is 0 Å². The summed E-state index contributed by atoms with van der Waals surface area (Å²) in [5, 5.41) is 8.75. The first-order valence-corrected chi connectivity index (χ1v) is 8.61. The monoisotopic (exact) mass is 380 g/mol. The van der Waals surface area contributed by atoms with Gasteiger partial charge in [0.15, 0.2) is 10.6 Å². The van der Waals surface area contributed by atoms with E-state index in [2.05, 4.69) is 10.2 Å². The van der Waals surface area contributed by atoms with Crippen molar-refractivity contribution in [3.05, 3.63) is 57.7 Å². The standard InChI is InChI=1S/C16H14F2N4OS2/c1-21(8-10-4-5-11(17)7-12(10)18)14(23)9-22-15(19-20-16(22)24)13-3-2-6-25-13/h2-7H,8-9H2,1H3,(H,20,24). The average molecular weight is 380 g/mol. The molecule has 130 valence electrons. The highest BCUT2D eigenvalue weighted by Crippen LogP contribution is 2.23. The maximum atomic E-state index is 13.8. The van der Waals surface area contributed by atoms with E-state index in [0.717, 1.165) is 17.0 Å². The van der Waals surface area contributed by atoms with Gasteiger partial charge < -0.3 is 4.90 Å². The zero-order valence-corrected chi connectivity index (χ0v) is 14.8. The molecule has 9 heteroatoms. The number of hydrogen-bond acceptors (Lipinski definition) is 4. The molecule has 5 nitrogen and oxygen atoms in total. The number of halogens is 2. The number of rotatable bonds is 5. The summed E-state index contributed by atoms with van der Waals surface area (Å²) in [4.78, 5) is 14.7. The molecule has 0 saturated carbocycles. The molecule has 0 aliphatic rings. The summed E-state index contributed by atoms with van der Waals surface area (Å²) < 4.78 is 28.7. The van der Waals surface area contributed by atoms with Crippen LogP contribution in [0.25, 0.3) is 10.7 Å². The number of thiophene rings is 1. The third kappa shape index (κ3) is 3.83. The van der Waals surface area contributed by atoms with E-state index in [1.54, 1.807) is 11.6 Å². The van der Waals surface area contributed by atoms with Gasteiger partial charge in [0.2, 0.25) is 5.91 Å². The van der Waals surface area contributed by atoms with Gasteiger partial charge in [-0.2, -0.15) is 5.10 Å². The Labute approximate surface area is 151 Å².